The molecule has 0 aliphatic carbocycles. The lowest BCUT2D eigenvalue weighted by Crippen LogP contribution is -2.03. The van der Waals surface area contributed by atoms with E-state index in [9.17, 15) is 4.79 Å². The molecule has 0 amide bonds. The van der Waals surface area contributed by atoms with E-state index < -0.39 is 5.97 Å². The molecule has 0 radical (unpaired) electrons. The monoisotopic (exact) mass is 286 g/mol. The van der Waals surface area contributed by atoms with Crippen LogP contribution in [0.4, 0.5) is 0 Å². The molecule has 16 heavy (non-hydrogen) atoms. The van der Waals surface area contributed by atoms with E-state index in [4.69, 9.17) is 9.84 Å². The number of carboxylic acids is 1. The zero-order chi connectivity index (χ0) is 12.0. The van der Waals surface area contributed by atoms with Gasteiger partial charge in [-0.15, -0.1) is 0 Å². The Morgan fingerprint density at radius 2 is 2.25 bits per heavy atom. The number of alkyl halides is 1. The Hall–Kier alpha value is -1.03. The number of aryl methyl sites for hydroxylation is 1. The third kappa shape index (κ3) is 3.52. The highest BCUT2D eigenvalue weighted by atomic mass is 79.9. The second-order valence-electron chi connectivity index (χ2n) is 3.36. The predicted octanol–water partition coefficient (Wildman–Crippen LogP) is 3.11. The van der Waals surface area contributed by atoms with E-state index in [1.165, 1.54) is 0 Å². The van der Waals surface area contributed by atoms with Gasteiger partial charge in [0.1, 0.15) is 11.3 Å². The van der Waals surface area contributed by atoms with Gasteiger partial charge >= 0.3 is 5.97 Å². The molecule has 4 heteroatoms. The fourth-order valence-corrected chi connectivity index (χ4v) is 1.73. The van der Waals surface area contributed by atoms with Crippen LogP contribution in [0, 0.1) is 0 Å². The minimum Gasteiger partial charge on any atom is -0.493 e. The maximum atomic E-state index is 10.9. The summed E-state index contributed by atoms with van der Waals surface area (Å²) in [5.74, 6) is -0.488. The normalized spacial score (nSPS) is 10.1. The van der Waals surface area contributed by atoms with Crippen molar-refractivity contribution in [2.24, 2.45) is 0 Å². The van der Waals surface area contributed by atoms with Crippen LogP contribution in [0.5, 0.6) is 5.75 Å². The number of hydrogen-bond donors (Lipinski definition) is 1. The Labute approximate surface area is 104 Å². The quantitative estimate of drug-likeness (QED) is 0.818. The van der Waals surface area contributed by atoms with Gasteiger partial charge < -0.3 is 9.84 Å². The van der Waals surface area contributed by atoms with Crippen LogP contribution in [-0.2, 0) is 6.42 Å². The van der Waals surface area contributed by atoms with E-state index in [0.717, 1.165) is 23.7 Å². The first-order valence-electron chi connectivity index (χ1n) is 5.24. The van der Waals surface area contributed by atoms with Gasteiger partial charge in [-0.1, -0.05) is 22.0 Å². The largest absolute Gasteiger partial charge is 0.493 e. The number of hydrogen-bond acceptors (Lipinski definition) is 2. The molecule has 0 unspecified atom stereocenters. The van der Waals surface area contributed by atoms with Crippen molar-refractivity contribution in [2.75, 3.05) is 11.9 Å². The molecule has 0 atom stereocenters. The molecule has 88 valence electrons. The highest BCUT2D eigenvalue weighted by Gasteiger charge is 2.11. The minimum absolute atomic E-state index is 0.226. The number of carboxylic acid groups (broad SMARTS) is 1. The van der Waals surface area contributed by atoms with Gasteiger partial charge in [-0.3, -0.25) is 0 Å². The first kappa shape index (κ1) is 13.0. The lowest BCUT2D eigenvalue weighted by atomic mass is 10.1. The van der Waals surface area contributed by atoms with Crippen molar-refractivity contribution in [3.8, 4) is 5.75 Å². The van der Waals surface area contributed by atoms with E-state index in [0.29, 0.717) is 12.4 Å². The fraction of sp³-hybridized carbons (Fsp3) is 0.417. The molecule has 3 nitrogen and oxygen atoms in total. The Morgan fingerprint density at radius 1 is 1.50 bits per heavy atom. The number of rotatable bonds is 6. The molecule has 0 saturated carbocycles. The molecule has 0 bridgehead atoms. The number of carbonyl (C=O) groups is 1. The third-order valence-corrected chi connectivity index (χ3v) is 2.74. The summed E-state index contributed by atoms with van der Waals surface area (Å²) < 4.78 is 5.33. The van der Waals surface area contributed by atoms with Gasteiger partial charge in [-0.25, -0.2) is 4.79 Å². The second-order valence-corrected chi connectivity index (χ2v) is 4.15. The van der Waals surface area contributed by atoms with Crippen LogP contribution in [-0.4, -0.2) is 23.0 Å². The molecule has 1 N–H and O–H groups in total. The van der Waals surface area contributed by atoms with Crippen molar-refractivity contribution in [3.05, 3.63) is 29.3 Å². The molecule has 0 aliphatic heterocycles. The van der Waals surface area contributed by atoms with Crippen LogP contribution in [0.15, 0.2) is 18.2 Å². The smallest absolute Gasteiger partial charge is 0.339 e. The molecule has 0 aliphatic rings. The average molecular weight is 287 g/mol. The third-order valence-electron chi connectivity index (χ3n) is 2.18. The highest BCUT2D eigenvalue weighted by molar-refractivity contribution is 9.09. The van der Waals surface area contributed by atoms with E-state index in [1.807, 2.05) is 19.1 Å². The van der Waals surface area contributed by atoms with Gasteiger partial charge in [0.2, 0.25) is 0 Å². The highest BCUT2D eigenvalue weighted by Crippen LogP contribution is 2.21. The molecule has 0 fully saturated rings. The number of benzene rings is 1. The first-order chi connectivity index (χ1) is 7.69. The summed E-state index contributed by atoms with van der Waals surface area (Å²) in [7, 11) is 0. The van der Waals surface area contributed by atoms with E-state index in [-0.39, 0.29) is 5.56 Å². The van der Waals surface area contributed by atoms with Crippen molar-refractivity contribution in [2.45, 2.75) is 19.8 Å². The Kier molecular flexibility index (Phi) is 5.32. The summed E-state index contributed by atoms with van der Waals surface area (Å²) in [6.45, 7) is 2.32. The van der Waals surface area contributed by atoms with Crippen molar-refractivity contribution in [1.29, 1.82) is 0 Å². The maximum Gasteiger partial charge on any atom is 0.339 e. The first-order valence-corrected chi connectivity index (χ1v) is 6.36. The molecular weight excluding hydrogens is 272 g/mol. The number of aromatic carboxylic acids is 1. The van der Waals surface area contributed by atoms with Crippen molar-refractivity contribution in [1.82, 2.24) is 0 Å². The van der Waals surface area contributed by atoms with Crippen molar-refractivity contribution >= 4 is 21.9 Å². The fourth-order valence-electron chi connectivity index (χ4n) is 1.44. The van der Waals surface area contributed by atoms with Crippen LogP contribution in [0.1, 0.15) is 29.3 Å². The summed E-state index contributed by atoms with van der Waals surface area (Å²) in [5.41, 5.74) is 1.33. The van der Waals surface area contributed by atoms with Crippen molar-refractivity contribution in [3.63, 3.8) is 0 Å². The van der Waals surface area contributed by atoms with Crippen LogP contribution < -0.4 is 4.74 Å². The Morgan fingerprint density at radius 3 is 2.81 bits per heavy atom. The molecule has 0 saturated heterocycles. The number of ether oxygens (including phenoxy) is 1. The second kappa shape index (κ2) is 6.53. The van der Waals surface area contributed by atoms with Gasteiger partial charge in [-0.2, -0.15) is 0 Å². The topological polar surface area (TPSA) is 46.5 Å². The molecular formula is C12H15BrO3. The van der Waals surface area contributed by atoms with E-state index in [1.54, 1.807) is 6.07 Å². The molecule has 0 heterocycles. The predicted molar refractivity (Wildman–Crippen MR) is 66.7 cm³/mol. The molecule has 1 aromatic carbocycles. The summed E-state index contributed by atoms with van der Waals surface area (Å²) in [6.07, 6.45) is 1.95. The summed E-state index contributed by atoms with van der Waals surface area (Å²) in [6, 6.07) is 5.27. The number of halogens is 1. The SMILES string of the molecule is CCOc1cc(CCCBr)ccc1C(=O)O. The van der Waals surface area contributed by atoms with Crippen LogP contribution in [0.2, 0.25) is 0 Å². The molecule has 0 spiro atoms. The Bertz CT molecular complexity index is 363. The lowest BCUT2D eigenvalue weighted by Gasteiger charge is -2.09. The molecule has 1 aromatic rings. The summed E-state index contributed by atoms with van der Waals surface area (Å²) in [5, 5.41) is 9.91. The van der Waals surface area contributed by atoms with Gasteiger partial charge in [-0.05, 0) is 37.5 Å². The van der Waals surface area contributed by atoms with Gasteiger partial charge in [0.05, 0.1) is 6.61 Å². The van der Waals surface area contributed by atoms with E-state index >= 15 is 0 Å². The van der Waals surface area contributed by atoms with Gasteiger partial charge in [0.25, 0.3) is 0 Å². The van der Waals surface area contributed by atoms with Gasteiger partial charge in [0, 0.05) is 5.33 Å². The standard InChI is InChI=1S/C12H15BrO3/c1-2-16-11-8-9(4-3-7-13)5-6-10(11)12(14)15/h5-6,8H,2-4,7H2,1H3,(H,14,15). The Balaban J connectivity index is 2.92. The van der Waals surface area contributed by atoms with Gasteiger partial charge in [0.15, 0.2) is 0 Å². The van der Waals surface area contributed by atoms with Crippen LogP contribution in [0.3, 0.4) is 0 Å². The summed E-state index contributed by atoms with van der Waals surface area (Å²) in [4.78, 5) is 10.9. The zero-order valence-corrected chi connectivity index (χ0v) is 10.8. The van der Waals surface area contributed by atoms with Crippen LogP contribution >= 0.6 is 15.9 Å². The zero-order valence-electron chi connectivity index (χ0n) is 9.20. The average Bonchev–Trinajstić information content (AvgIpc) is 2.26. The molecule has 0 aromatic heterocycles. The lowest BCUT2D eigenvalue weighted by molar-refractivity contribution is 0.0692. The van der Waals surface area contributed by atoms with E-state index in [2.05, 4.69) is 15.9 Å². The maximum absolute atomic E-state index is 10.9. The summed E-state index contributed by atoms with van der Waals surface area (Å²) >= 11 is 3.37. The van der Waals surface area contributed by atoms with Crippen LogP contribution in [0.25, 0.3) is 0 Å². The minimum atomic E-state index is -0.949. The van der Waals surface area contributed by atoms with Crippen molar-refractivity contribution < 1.29 is 14.6 Å². The molecule has 1 rings (SSSR count).